The molecule has 1 saturated heterocycles. The molecule has 3 N–H and O–H groups in total. The van der Waals surface area contributed by atoms with Gasteiger partial charge in [-0.2, -0.15) is 0 Å². The van der Waals surface area contributed by atoms with E-state index in [0.29, 0.717) is 11.4 Å². The highest BCUT2D eigenvalue weighted by Gasteiger charge is 2.17. The topological polar surface area (TPSA) is 64.3 Å². The quantitative estimate of drug-likeness (QED) is 0.796. The summed E-state index contributed by atoms with van der Waals surface area (Å²) in [5, 5.41) is 2.87. The summed E-state index contributed by atoms with van der Waals surface area (Å²) < 4.78 is 6.27. The number of rotatable bonds is 5. The number of amides is 1. The molecule has 1 aliphatic rings. The van der Waals surface area contributed by atoms with Crippen molar-refractivity contribution in [3.8, 4) is 0 Å². The fraction of sp³-hybridized carbons (Fsp3) is 0.429. The Morgan fingerprint density at radius 3 is 2.95 bits per heavy atom. The van der Waals surface area contributed by atoms with Crippen LogP contribution in [0.5, 0.6) is 0 Å². The van der Waals surface area contributed by atoms with Crippen LogP contribution < -0.4 is 11.1 Å². The molecule has 1 aliphatic heterocycles. The maximum atomic E-state index is 11.9. The third kappa shape index (κ3) is 4.26. The van der Waals surface area contributed by atoms with Crippen molar-refractivity contribution in [1.29, 1.82) is 0 Å². The van der Waals surface area contributed by atoms with Gasteiger partial charge in [-0.3, -0.25) is 4.79 Å². The molecule has 1 heterocycles. The summed E-state index contributed by atoms with van der Waals surface area (Å²) in [5.41, 5.74) is 7.05. The molecule has 0 saturated carbocycles. The van der Waals surface area contributed by atoms with Crippen molar-refractivity contribution >= 4 is 44.7 Å². The maximum absolute atomic E-state index is 11.9. The van der Waals surface area contributed by atoms with Crippen molar-refractivity contribution in [2.24, 2.45) is 5.73 Å². The fourth-order valence-electron chi connectivity index (χ4n) is 2.15. The van der Waals surface area contributed by atoms with Gasteiger partial charge in [0.1, 0.15) is 4.99 Å². The number of nitrogens with two attached hydrogens (primary N) is 1. The van der Waals surface area contributed by atoms with Crippen LogP contribution in [0.15, 0.2) is 22.7 Å². The van der Waals surface area contributed by atoms with Gasteiger partial charge in [0, 0.05) is 23.1 Å². The van der Waals surface area contributed by atoms with Gasteiger partial charge in [-0.1, -0.05) is 12.2 Å². The lowest BCUT2D eigenvalue weighted by molar-refractivity contribution is -0.116. The van der Waals surface area contributed by atoms with Crippen LogP contribution >= 0.6 is 28.1 Å². The first-order valence-corrected chi connectivity index (χ1v) is 7.77. The zero-order valence-corrected chi connectivity index (χ0v) is 13.4. The average molecular weight is 357 g/mol. The molecule has 0 bridgehead atoms. The van der Waals surface area contributed by atoms with Gasteiger partial charge < -0.3 is 15.8 Å². The highest BCUT2D eigenvalue weighted by molar-refractivity contribution is 9.10. The van der Waals surface area contributed by atoms with E-state index in [-0.39, 0.29) is 12.0 Å². The van der Waals surface area contributed by atoms with Crippen LogP contribution in [0.1, 0.15) is 31.2 Å². The van der Waals surface area contributed by atoms with Crippen molar-refractivity contribution in [3.63, 3.8) is 0 Å². The summed E-state index contributed by atoms with van der Waals surface area (Å²) in [4.78, 5) is 12.2. The molecule has 108 valence electrons. The van der Waals surface area contributed by atoms with Crippen LogP contribution in [0.25, 0.3) is 0 Å². The second kappa shape index (κ2) is 7.15. The number of benzene rings is 1. The molecule has 1 amide bonds. The lowest BCUT2D eigenvalue weighted by Gasteiger charge is -2.11. The number of anilines is 1. The van der Waals surface area contributed by atoms with Gasteiger partial charge >= 0.3 is 0 Å². The Kier molecular flexibility index (Phi) is 5.51. The number of carbonyl (C=O) groups is 1. The van der Waals surface area contributed by atoms with Gasteiger partial charge in [0.15, 0.2) is 0 Å². The van der Waals surface area contributed by atoms with Crippen molar-refractivity contribution in [2.75, 3.05) is 11.9 Å². The molecule has 1 aromatic rings. The van der Waals surface area contributed by atoms with Crippen LogP contribution in [-0.4, -0.2) is 23.6 Å². The molecule has 0 spiro atoms. The minimum atomic E-state index is -0.00993. The third-order valence-corrected chi connectivity index (χ3v) is 4.14. The van der Waals surface area contributed by atoms with Crippen LogP contribution in [0.2, 0.25) is 0 Å². The summed E-state index contributed by atoms with van der Waals surface area (Å²) in [7, 11) is 0. The number of ether oxygens (including phenoxy) is 1. The van der Waals surface area contributed by atoms with E-state index >= 15 is 0 Å². The summed E-state index contributed by atoms with van der Waals surface area (Å²) in [6.07, 6.45) is 3.63. The van der Waals surface area contributed by atoms with Crippen LogP contribution in [0.3, 0.4) is 0 Å². The van der Waals surface area contributed by atoms with E-state index in [2.05, 4.69) is 21.2 Å². The maximum Gasteiger partial charge on any atom is 0.224 e. The number of thiocarbonyl (C=S) groups is 1. The Morgan fingerprint density at radius 1 is 1.55 bits per heavy atom. The van der Waals surface area contributed by atoms with Gasteiger partial charge in [0.2, 0.25) is 5.91 Å². The molecule has 4 nitrogen and oxygen atoms in total. The highest BCUT2D eigenvalue weighted by Crippen LogP contribution is 2.24. The molecule has 1 unspecified atom stereocenters. The zero-order valence-electron chi connectivity index (χ0n) is 11.0. The molecule has 1 aromatic carbocycles. The highest BCUT2D eigenvalue weighted by atomic mass is 79.9. The molecule has 0 aliphatic carbocycles. The summed E-state index contributed by atoms with van der Waals surface area (Å²) in [5.74, 6) is -0.00993. The molecular formula is C14H17BrN2O2S. The fourth-order valence-corrected chi connectivity index (χ4v) is 2.75. The first-order valence-electron chi connectivity index (χ1n) is 6.57. The first kappa shape index (κ1) is 15.4. The summed E-state index contributed by atoms with van der Waals surface area (Å²) >= 11 is 8.32. The Balaban J connectivity index is 1.88. The molecule has 0 aromatic heterocycles. The Labute approximate surface area is 132 Å². The lowest BCUT2D eigenvalue weighted by atomic mass is 10.1. The van der Waals surface area contributed by atoms with Crippen molar-refractivity contribution in [1.82, 2.24) is 0 Å². The summed E-state index contributed by atoms with van der Waals surface area (Å²) in [6, 6.07) is 5.39. The number of carbonyl (C=O) groups excluding carboxylic acids is 1. The number of halogens is 1. The largest absolute Gasteiger partial charge is 0.389 e. The molecule has 0 radical (unpaired) electrons. The predicted octanol–water partition coefficient (Wildman–Crippen LogP) is 2.98. The normalized spacial score (nSPS) is 17.9. The van der Waals surface area contributed by atoms with E-state index in [1.54, 1.807) is 18.2 Å². The Morgan fingerprint density at radius 2 is 2.35 bits per heavy atom. The first-order chi connectivity index (χ1) is 9.56. The Hall–Kier alpha value is -0.980. The monoisotopic (exact) mass is 356 g/mol. The minimum absolute atomic E-state index is 0.00993. The molecular weight excluding hydrogens is 340 g/mol. The molecule has 20 heavy (non-hydrogen) atoms. The van der Waals surface area contributed by atoms with Crippen LogP contribution in [0, 0.1) is 0 Å². The second-order valence-electron chi connectivity index (χ2n) is 4.78. The molecule has 1 atom stereocenters. The van der Waals surface area contributed by atoms with Crippen LogP contribution in [-0.2, 0) is 9.53 Å². The summed E-state index contributed by atoms with van der Waals surface area (Å²) in [6.45, 7) is 0.818. The SMILES string of the molecule is NC(=S)c1ccc(NC(=O)CCC2CCCO2)c(Br)c1. The van der Waals surface area contributed by atoms with E-state index < -0.39 is 0 Å². The van der Waals surface area contributed by atoms with E-state index in [0.717, 1.165) is 41.6 Å². The standard InChI is InChI=1S/C14H17BrN2O2S/c15-11-8-9(14(16)20)3-5-12(11)17-13(18)6-4-10-2-1-7-19-10/h3,5,8,10H,1-2,4,6-7H2,(H2,16,20)(H,17,18). The second-order valence-corrected chi connectivity index (χ2v) is 6.07. The van der Waals surface area contributed by atoms with E-state index in [9.17, 15) is 4.79 Å². The Bertz CT molecular complexity index is 516. The lowest BCUT2D eigenvalue weighted by Crippen LogP contribution is -2.16. The van der Waals surface area contributed by atoms with Crippen LogP contribution in [0.4, 0.5) is 5.69 Å². The third-order valence-electron chi connectivity index (χ3n) is 3.25. The number of hydrogen-bond acceptors (Lipinski definition) is 3. The molecule has 2 rings (SSSR count). The van der Waals surface area contributed by atoms with Gasteiger partial charge in [-0.25, -0.2) is 0 Å². The van der Waals surface area contributed by atoms with Crippen molar-refractivity contribution in [3.05, 3.63) is 28.2 Å². The van der Waals surface area contributed by atoms with Gasteiger partial charge in [-0.15, -0.1) is 0 Å². The number of hydrogen-bond donors (Lipinski definition) is 2. The smallest absolute Gasteiger partial charge is 0.224 e. The van der Waals surface area contributed by atoms with Gasteiger partial charge in [0.05, 0.1) is 11.8 Å². The van der Waals surface area contributed by atoms with Gasteiger partial charge in [-0.05, 0) is 53.4 Å². The minimum Gasteiger partial charge on any atom is -0.389 e. The van der Waals surface area contributed by atoms with Crippen molar-refractivity contribution in [2.45, 2.75) is 31.8 Å². The van der Waals surface area contributed by atoms with Gasteiger partial charge in [0.25, 0.3) is 0 Å². The van der Waals surface area contributed by atoms with E-state index in [1.807, 2.05) is 0 Å². The zero-order chi connectivity index (χ0) is 14.5. The molecule has 6 heteroatoms. The molecule has 1 fully saturated rings. The van der Waals surface area contributed by atoms with E-state index in [4.69, 9.17) is 22.7 Å². The van der Waals surface area contributed by atoms with E-state index in [1.165, 1.54) is 0 Å². The van der Waals surface area contributed by atoms with Crippen molar-refractivity contribution < 1.29 is 9.53 Å². The average Bonchev–Trinajstić information content (AvgIpc) is 2.91. The number of nitrogens with one attached hydrogen (secondary N) is 1. The predicted molar refractivity (Wildman–Crippen MR) is 86.9 cm³/mol.